The number of carboxylic acids is 1. The fraction of sp³-hybridized carbons (Fsp3) is 0.857. The molecule has 0 aromatic rings. The number of hydrogen-bond acceptors (Lipinski definition) is 2. The maximum Gasteiger partial charge on any atom is 0.393 e. The summed E-state index contributed by atoms with van der Waals surface area (Å²) in [6, 6.07) is 0. The van der Waals surface area contributed by atoms with Crippen LogP contribution in [-0.2, 0) is 9.59 Å². The first-order valence-electron chi connectivity index (χ1n) is 7.39. The topological polar surface area (TPSA) is 57.6 Å². The molecule has 1 heterocycles. The van der Waals surface area contributed by atoms with E-state index in [9.17, 15) is 27.9 Å². The Labute approximate surface area is 121 Å². The molecular weight excluding hydrogens is 287 g/mol. The van der Waals surface area contributed by atoms with Crippen LogP contribution in [0.5, 0.6) is 0 Å². The van der Waals surface area contributed by atoms with Gasteiger partial charge in [0.2, 0.25) is 5.91 Å². The number of likely N-dealkylation sites (tertiary alicyclic amines) is 1. The van der Waals surface area contributed by atoms with E-state index < -0.39 is 35.8 Å². The lowest BCUT2D eigenvalue weighted by molar-refractivity contribution is -0.189. The van der Waals surface area contributed by atoms with Crippen molar-refractivity contribution in [2.75, 3.05) is 13.1 Å². The molecule has 0 bridgehead atoms. The van der Waals surface area contributed by atoms with Crippen molar-refractivity contribution in [2.24, 2.45) is 17.8 Å². The number of aliphatic carboxylic acids is 1. The summed E-state index contributed by atoms with van der Waals surface area (Å²) in [7, 11) is 0. The van der Waals surface area contributed by atoms with Gasteiger partial charge in [0.25, 0.3) is 0 Å². The summed E-state index contributed by atoms with van der Waals surface area (Å²) in [4.78, 5) is 24.9. The molecule has 1 aliphatic heterocycles. The SMILES string of the molecule is O=C(O)C1CCCCC1C(=O)N1CCCC(C(F)(F)F)C1. The van der Waals surface area contributed by atoms with E-state index in [-0.39, 0.29) is 13.0 Å². The average molecular weight is 307 g/mol. The molecular formula is C14H20F3NO3. The maximum absolute atomic E-state index is 12.8. The summed E-state index contributed by atoms with van der Waals surface area (Å²) in [5.41, 5.74) is 0. The second kappa shape index (κ2) is 6.23. The van der Waals surface area contributed by atoms with Crippen molar-refractivity contribution < 1.29 is 27.9 Å². The van der Waals surface area contributed by atoms with E-state index in [4.69, 9.17) is 0 Å². The quantitative estimate of drug-likeness (QED) is 0.853. The van der Waals surface area contributed by atoms with Gasteiger partial charge in [-0.25, -0.2) is 0 Å². The standard InChI is InChI=1S/C14H20F3NO3/c15-14(16,17)9-4-3-7-18(8-9)12(19)10-5-1-2-6-11(10)13(20)21/h9-11H,1-8H2,(H,20,21). The third kappa shape index (κ3) is 3.68. The van der Waals surface area contributed by atoms with Gasteiger partial charge in [0.1, 0.15) is 0 Å². The number of carboxylic acid groups (broad SMARTS) is 1. The second-order valence-corrected chi connectivity index (χ2v) is 6.00. The lowest BCUT2D eigenvalue weighted by Crippen LogP contribution is -2.49. The first-order chi connectivity index (χ1) is 9.80. The average Bonchev–Trinajstić information content (AvgIpc) is 2.45. The Hall–Kier alpha value is -1.27. The molecule has 1 amide bonds. The summed E-state index contributed by atoms with van der Waals surface area (Å²) >= 11 is 0. The van der Waals surface area contributed by atoms with Crippen LogP contribution in [0.4, 0.5) is 13.2 Å². The molecule has 0 aromatic heterocycles. The Balaban J connectivity index is 2.06. The minimum absolute atomic E-state index is 0.0420. The van der Waals surface area contributed by atoms with Gasteiger partial charge < -0.3 is 10.0 Å². The van der Waals surface area contributed by atoms with Gasteiger partial charge in [-0.15, -0.1) is 0 Å². The Morgan fingerprint density at radius 2 is 1.62 bits per heavy atom. The van der Waals surface area contributed by atoms with Crippen LogP contribution in [0.1, 0.15) is 38.5 Å². The number of piperidine rings is 1. The molecule has 1 saturated heterocycles. The number of amides is 1. The summed E-state index contributed by atoms with van der Waals surface area (Å²) in [5, 5.41) is 9.19. The number of alkyl halides is 3. The monoisotopic (exact) mass is 307 g/mol. The highest BCUT2D eigenvalue weighted by atomic mass is 19.4. The number of halogens is 3. The molecule has 3 atom stereocenters. The molecule has 2 fully saturated rings. The van der Waals surface area contributed by atoms with Crippen molar-refractivity contribution in [1.82, 2.24) is 4.90 Å². The molecule has 1 aliphatic carbocycles. The molecule has 21 heavy (non-hydrogen) atoms. The molecule has 2 aliphatic rings. The van der Waals surface area contributed by atoms with Crippen molar-refractivity contribution in [3.05, 3.63) is 0 Å². The van der Waals surface area contributed by atoms with Crippen LogP contribution < -0.4 is 0 Å². The van der Waals surface area contributed by atoms with Gasteiger partial charge in [-0.05, 0) is 25.7 Å². The highest BCUT2D eigenvalue weighted by Crippen LogP contribution is 2.36. The number of nitrogens with zero attached hydrogens (tertiary/aromatic N) is 1. The van der Waals surface area contributed by atoms with Crippen LogP contribution in [-0.4, -0.2) is 41.1 Å². The van der Waals surface area contributed by atoms with Gasteiger partial charge in [0.15, 0.2) is 0 Å². The first-order valence-corrected chi connectivity index (χ1v) is 7.39. The van der Waals surface area contributed by atoms with E-state index in [1.54, 1.807) is 0 Å². The lowest BCUT2D eigenvalue weighted by atomic mass is 9.78. The molecule has 0 radical (unpaired) electrons. The molecule has 3 unspecified atom stereocenters. The van der Waals surface area contributed by atoms with E-state index in [0.29, 0.717) is 25.8 Å². The third-order valence-electron chi connectivity index (χ3n) is 4.60. The van der Waals surface area contributed by atoms with E-state index in [1.807, 2.05) is 0 Å². The fourth-order valence-corrected chi connectivity index (χ4v) is 3.40. The number of carbonyl (C=O) groups is 2. The normalized spacial score (nSPS) is 31.0. The molecule has 1 saturated carbocycles. The van der Waals surface area contributed by atoms with Crippen molar-refractivity contribution in [3.63, 3.8) is 0 Å². The van der Waals surface area contributed by atoms with Crippen LogP contribution in [0, 0.1) is 17.8 Å². The summed E-state index contributed by atoms with van der Waals surface area (Å²) in [5.74, 6) is -4.32. The van der Waals surface area contributed by atoms with Crippen LogP contribution >= 0.6 is 0 Å². The van der Waals surface area contributed by atoms with Gasteiger partial charge in [-0.2, -0.15) is 13.2 Å². The zero-order chi connectivity index (χ0) is 15.6. The van der Waals surface area contributed by atoms with E-state index in [1.165, 1.54) is 4.90 Å². The van der Waals surface area contributed by atoms with Gasteiger partial charge in [0, 0.05) is 13.1 Å². The Bertz CT molecular complexity index is 411. The Kier molecular flexibility index (Phi) is 4.78. The summed E-state index contributed by atoms with van der Waals surface area (Å²) in [6.07, 6.45) is -1.52. The van der Waals surface area contributed by atoms with Gasteiger partial charge >= 0.3 is 12.1 Å². The first kappa shape index (κ1) is 16.1. The van der Waals surface area contributed by atoms with E-state index in [2.05, 4.69) is 0 Å². The van der Waals surface area contributed by atoms with Crippen molar-refractivity contribution in [3.8, 4) is 0 Å². The van der Waals surface area contributed by atoms with Crippen LogP contribution in [0.2, 0.25) is 0 Å². The minimum atomic E-state index is -4.29. The second-order valence-electron chi connectivity index (χ2n) is 6.00. The van der Waals surface area contributed by atoms with Crippen LogP contribution in [0.25, 0.3) is 0 Å². The van der Waals surface area contributed by atoms with E-state index in [0.717, 1.165) is 12.8 Å². The largest absolute Gasteiger partial charge is 0.481 e. The number of carbonyl (C=O) groups excluding carboxylic acids is 1. The molecule has 120 valence electrons. The van der Waals surface area contributed by atoms with Crippen molar-refractivity contribution in [2.45, 2.75) is 44.7 Å². The minimum Gasteiger partial charge on any atom is -0.481 e. The fourth-order valence-electron chi connectivity index (χ4n) is 3.40. The molecule has 7 heteroatoms. The van der Waals surface area contributed by atoms with Crippen molar-refractivity contribution >= 4 is 11.9 Å². The predicted octanol–water partition coefficient (Wildman–Crippen LogP) is 2.68. The summed E-state index contributed by atoms with van der Waals surface area (Å²) in [6.45, 7) is -0.0283. The Morgan fingerprint density at radius 3 is 2.19 bits per heavy atom. The van der Waals surface area contributed by atoms with Crippen LogP contribution in [0.15, 0.2) is 0 Å². The molecule has 0 aromatic carbocycles. The summed E-state index contributed by atoms with van der Waals surface area (Å²) < 4.78 is 38.4. The van der Waals surface area contributed by atoms with Gasteiger partial charge in [-0.3, -0.25) is 9.59 Å². The van der Waals surface area contributed by atoms with Crippen LogP contribution in [0.3, 0.4) is 0 Å². The van der Waals surface area contributed by atoms with Gasteiger partial charge in [0.05, 0.1) is 17.8 Å². The molecule has 1 N–H and O–H groups in total. The third-order valence-corrected chi connectivity index (χ3v) is 4.60. The molecule has 2 rings (SSSR count). The number of rotatable bonds is 2. The Morgan fingerprint density at radius 1 is 1.00 bits per heavy atom. The highest BCUT2D eigenvalue weighted by molar-refractivity contribution is 5.85. The smallest absolute Gasteiger partial charge is 0.393 e. The van der Waals surface area contributed by atoms with E-state index >= 15 is 0 Å². The maximum atomic E-state index is 12.8. The zero-order valence-corrected chi connectivity index (χ0v) is 11.7. The highest BCUT2D eigenvalue weighted by Gasteiger charge is 2.45. The molecule has 4 nitrogen and oxygen atoms in total. The zero-order valence-electron chi connectivity index (χ0n) is 11.7. The number of hydrogen-bond donors (Lipinski definition) is 1. The van der Waals surface area contributed by atoms with Crippen molar-refractivity contribution in [1.29, 1.82) is 0 Å². The lowest BCUT2D eigenvalue weighted by Gasteiger charge is -2.38. The predicted molar refractivity (Wildman–Crippen MR) is 68.4 cm³/mol. The van der Waals surface area contributed by atoms with Gasteiger partial charge in [-0.1, -0.05) is 12.8 Å². The molecule has 0 spiro atoms.